The van der Waals surface area contributed by atoms with Crippen LogP contribution in [0.1, 0.15) is 36.1 Å². The van der Waals surface area contributed by atoms with Crippen LogP contribution in [0.2, 0.25) is 0 Å². The minimum atomic E-state index is -0.298. The number of benzene rings is 2. The summed E-state index contributed by atoms with van der Waals surface area (Å²) in [6.45, 7) is 0. The monoisotopic (exact) mass is 381 g/mol. The number of rotatable bonds is 2. The van der Waals surface area contributed by atoms with Crippen LogP contribution in [-0.4, -0.2) is 15.3 Å². The van der Waals surface area contributed by atoms with E-state index in [2.05, 4.69) is 22.0 Å². The van der Waals surface area contributed by atoms with Gasteiger partial charge in [-0.1, -0.05) is 42.5 Å². The molecule has 4 aromatic rings. The summed E-state index contributed by atoms with van der Waals surface area (Å²) in [5.74, 6) is 1.85. The summed E-state index contributed by atoms with van der Waals surface area (Å²) in [7, 11) is 0. The first kappa shape index (κ1) is 16.4. The Morgan fingerprint density at radius 2 is 1.79 bits per heavy atom. The molecule has 142 valence electrons. The molecule has 0 saturated heterocycles. The average molecular weight is 381 g/mol. The zero-order chi connectivity index (χ0) is 19.4. The predicted octanol–water partition coefficient (Wildman–Crippen LogP) is 5.05. The number of carbonyl (C=O) groups is 1. The third-order valence-electron chi connectivity index (χ3n) is 5.98. The maximum absolute atomic E-state index is 13.4. The van der Waals surface area contributed by atoms with Crippen LogP contribution < -0.4 is 5.32 Å². The third-order valence-corrected chi connectivity index (χ3v) is 5.98. The molecule has 2 aromatic heterocycles. The van der Waals surface area contributed by atoms with Crippen LogP contribution in [0.15, 0.2) is 88.7 Å². The Hall–Kier alpha value is -3.60. The number of para-hydroxylation sites is 2. The molecule has 0 amide bonds. The van der Waals surface area contributed by atoms with Crippen LogP contribution in [0, 0.1) is 0 Å². The summed E-state index contributed by atoms with van der Waals surface area (Å²) in [6, 6.07) is 21.8. The number of carbonyl (C=O) groups excluding carboxylic acids is 1. The van der Waals surface area contributed by atoms with Crippen LogP contribution >= 0.6 is 0 Å². The lowest BCUT2D eigenvalue weighted by Gasteiger charge is -2.35. The number of allylic oxidation sites excluding steroid dienone is 2. The van der Waals surface area contributed by atoms with Gasteiger partial charge in [0.15, 0.2) is 5.78 Å². The highest BCUT2D eigenvalue weighted by Crippen LogP contribution is 2.45. The number of hydrogen-bond acceptors (Lipinski definition) is 4. The molecule has 0 spiro atoms. The van der Waals surface area contributed by atoms with Crippen molar-refractivity contribution in [3.05, 3.63) is 95.6 Å². The topological polar surface area (TPSA) is 60.1 Å². The Labute approximate surface area is 167 Å². The van der Waals surface area contributed by atoms with Gasteiger partial charge in [0.1, 0.15) is 11.8 Å². The van der Waals surface area contributed by atoms with Gasteiger partial charge in [-0.2, -0.15) is 0 Å². The van der Waals surface area contributed by atoms with E-state index in [-0.39, 0.29) is 17.7 Å². The van der Waals surface area contributed by atoms with E-state index in [4.69, 9.17) is 9.40 Å². The van der Waals surface area contributed by atoms with Gasteiger partial charge in [-0.05, 0) is 42.2 Å². The number of hydrogen-bond donors (Lipinski definition) is 1. The Balaban J connectivity index is 1.53. The smallest absolute Gasteiger partial charge is 0.209 e. The maximum Gasteiger partial charge on any atom is 0.209 e. The van der Waals surface area contributed by atoms with Crippen LogP contribution in [0.4, 0.5) is 5.95 Å². The van der Waals surface area contributed by atoms with E-state index in [9.17, 15) is 4.79 Å². The van der Waals surface area contributed by atoms with Crippen molar-refractivity contribution in [2.24, 2.45) is 0 Å². The second-order valence-electron chi connectivity index (χ2n) is 7.67. The van der Waals surface area contributed by atoms with Gasteiger partial charge in [-0.25, -0.2) is 4.98 Å². The molecular formula is C24H19N3O2. The fraction of sp³-hybridized carbons (Fsp3) is 0.167. The van der Waals surface area contributed by atoms with Crippen molar-refractivity contribution in [2.75, 3.05) is 5.32 Å². The predicted molar refractivity (Wildman–Crippen MR) is 111 cm³/mol. The van der Waals surface area contributed by atoms with Crippen LogP contribution in [0.5, 0.6) is 0 Å². The summed E-state index contributed by atoms with van der Waals surface area (Å²) in [5, 5.41) is 3.48. The lowest BCUT2D eigenvalue weighted by Crippen LogP contribution is -2.32. The SMILES string of the molecule is O=C1C[C@H](c2ccccc2)CC2=C1[C@@H](c1ccco1)n1c(nc3ccccc31)N2. The van der Waals surface area contributed by atoms with Gasteiger partial charge >= 0.3 is 0 Å². The average Bonchev–Trinajstić information content (AvgIpc) is 3.40. The first-order chi connectivity index (χ1) is 14.3. The zero-order valence-electron chi connectivity index (χ0n) is 15.7. The van der Waals surface area contributed by atoms with E-state index >= 15 is 0 Å². The first-order valence-corrected chi connectivity index (χ1v) is 9.88. The minimum absolute atomic E-state index is 0.164. The van der Waals surface area contributed by atoms with Gasteiger partial charge in [0, 0.05) is 17.7 Å². The van der Waals surface area contributed by atoms with Crippen LogP contribution in [-0.2, 0) is 4.79 Å². The number of aromatic nitrogens is 2. The number of imidazole rings is 1. The van der Waals surface area contributed by atoms with E-state index in [1.165, 1.54) is 5.56 Å². The standard InChI is InChI=1S/C24H19N3O2/c28-20-14-16(15-7-2-1-3-8-15)13-18-22(20)23(21-11-6-12-29-21)27-19-10-5-4-9-17(19)25-24(27)26-18/h1-12,16,23H,13-14H2,(H,25,26)/t16-,23-/m1/s1. The molecule has 1 aliphatic heterocycles. The molecule has 1 aliphatic carbocycles. The minimum Gasteiger partial charge on any atom is -0.467 e. The first-order valence-electron chi connectivity index (χ1n) is 9.88. The van der Waals surface area contributed by atoms with E-state index in [1.807, 2.05) is 54.6 Å². The molecule has 2 aliphatic rings. The number of nitrogens with one attached hydrogen (secondary N) is 1. The fourth-order valence-electron chi connectivity index (χ4n) is 4.70. The maximum atomic E-state index is 13.4. The van der Waals surface area contributed by atoms with E-state index in [0.717, 1.165) is 40.4 Å². The fourth-order valence-corrected chi connectivity index (χ4v) is 4.70. The summed E-state index contributed by atoms with van der Waals surface area (Å²) in [6.07, 6.45) is 2.95. The van der Waals surface area contributed by atoms with Gasteiger partial charge in [0.25, 0.3) is 0 Å². The molecular weight excluding hydrogens is 362 g/mol. The lowest BCUT2D eigenvalue weighted by atomic mass is 9.78. The van der Waals surface area contributed by atoms with Crippen molar-refractivity contribution in [3.8, 4) is 0 Å². The molecule has 0 saturated carbocycles. The number of ketones is 1. The molecule has 6 rings (SSSR count). The molecule has 2 aromatic carbocycles. The summed E-state index contributed by atoms with van der Waals surface area (Å²) < 4.78 is 7.89. The van der Waals surface area contributed by atoms with E-state index in [1.54, 1.807) is 6.26 Å². The van der Waals surface area contributed by atoms with Gasteiger partial charge < -0.3 is 9.73 Å². The molecule has 0 unspecified atom stereocenters. The van der Waals surface area contributed by atoms with Crippen molar-refractivity contribution in [3.63, 3.8) is 0 Å². The third kappa shape index (κ3) is 2.47. The molecule has 1 N–H and O–H groups in total. The van der Waals surface area contributed by atoms with Gasteiger partial charge in [-0.3, -0.25) is 9.36 Å². The Morgan fingerprint density at radius 1 is 0.966 bits per heavy atom. The quantitative estimate of drug-likeness (QED) is 0.528. The van der Waals surface area contributed by atoms with Crippen molar-refractivity contribution in [1.29, 1.82) is 0 Å². The zero-order valence-corrected chi connectivity index (χ0v) is 15.7. The van der Waals surface area contributed by atoms with Crippen molar-refractivity contribution >= 4 is 22.8 Å². The number of anilines is 1. The van der Waals surface area contributed by atoms with Gasteiger partial charge in [0.05, 0.1) is 17.3 Å². The molecule has 3 heterocycles. The molecule has 0 bridgehead atoms. The summed E-state index contributed by atoms with van der Waals surface area (Å²) in [5.41, 5.74) is 4.84. The number of furan rings is 1. The Bertz CT molecular complexity index is 1250. The van der Waals surface area contributed by atoms with Crippen LogP contribution in [0.25, 0.3) is 11.0 Å². The molecule has 2 atom stereocenters. The summed E-state index contributed by atoms with van der Waals surface area (Å²) >= 11 is 0. The summed E-state index contributed by atoms with van der Waals surface area (Å²) in [4.78, 5) is 18.2. The molecule has 0 radical (unpaired) electrons. The van der Waals surface area contributed by atoms with Crippen molar-refractivity contribution in [2.45, 2.75) is 24.8 Å². The second-order valence-corrected chi connectivity index (χ2v) is 7.67. The Morgan fingerprint density at radius 3 is 2.62 bits per heavy atom. The number of Topliss-reactive ketones (excluding diaryl/α,β-unsaturated/α-hetero) is 1. The lowest BCUT2D eigenvalue weighted by molar-refractivity contribution is -0.116. The number of fused-ring (bicyclic) bond motifs is 3. The highest BCUT2D eigenvalue weighted by atomic mass is 16.3. The van der Waals surface area contributed by atoms with E-state index < -0.39 is 0 Å². The molecule has 29 heavy (non-hydrogen) atoms. The van der Waals surface area contributed by atoms with Crippen molar-refractivity contribution < 1.29 is 9.21 Å². The Kier molecular flexibility index (Phi) is 3.50. The largest absolute Gasteiger partial charge is 0.467 e. The van der Waals surface area contributed by atoms with Gasteiger partial charge in [-0.15, -0.1) is 0 Å². The highest BCUT2D eigenvalue weighted by molar-refractivity contribution is 6.00. The van der Waals surface area contributed by atoms with Crippen molar-refractivity contribution in [1.82, 2.24) is 9.55 Å². The number of nitrogens with zero attached hydrogens (tertiary/aromatic N) is 2. The highest BCUT2D eigenvalue weighted by Gasteiger charge is 2.40. The van der Waals surface area contributed by atoms with E-state index in [0.29, 0.717) is 6.42 Å². The molecule has 5 nitrogen and oxygen atoms in total. The van der Waals surface area contributed by atoms with Gasteiger partial charge in [0.2, 0.25) is 5.95 Å². The molecule has 0 fully saturated rings. The normalized spacial score (nSPS) is 21.0. The molecule has 5 heteroatoms. The van der Waals surface area contributed by atoms with Crippen LogP contribution in [0.3, 0.4) is 0 Å². The second kappa shape index (κ2) is 6.21.